The van der Waals surface area contributed by atoms with E-state index in [9.17, 15) is 9.59 Å². The molecule has 4 rings (SSSR count). The van der Waals surface area contributed by atoms with Crippen LogP contribution in [0.4, 0.5) is 0 Å². The van der Waals surface area contributed by atoms with Crippen LogP contribution >= 0.6 is 0 Å². The topological polar surface area (TPSA) is 49.9 Å². The second-order valence-corrected chi connectivity index (χ2v) is 11.1. The number of rotatable bonds is 7. The van der Waals surface area contributed by atoms with E-state index in [1.165, 1.54) is 36.8 Å². The summed E-state index contributed by atoms with van der Waals surface area (Å²) in [6.07, 6.45) is 11.5. The van der Waals surface area contributed by atoms with E-state index < -0.39 is 0 Å². The monoisotopic (exact) mass is 518 g/mol. The summed E-state index contributed by atoms with van der Waals surface area (Å²) in [5, 5.41) is 0. The number of piperidine rings is 1. The molecule has 0 aromatic heterocycles. The van der Waals surface area contributed by atoms with Gasteiger partial charge in [-0.25, -0.2) is 0 Å². The van der Waals surface area contributed by atoms with Gasteiger partial charge in [0, 0.05) is 25.2 Å². The highest BCUT2D eigenvalue weighted by Crippen LogP contribution is 2.39. The van der Waals surface area contributed by atoms with Crippen molar-refractivity contribution in [3.63, 3.8) is 0 Å². The lowest BCUT2D eigenvalue weighted by Crippen LogP contribution is -2.52. The summed E-state index contributed by atoms with van der Waals surface area (Å²) in [4.78, 5) is 31.1. The molecule has 2 aromatic rings. The number of ether oxygens (including phenoxy) is 1. The number of benzene rings is 2. The third kappa shape index (κ3) is 6.98. The van der Waals surface area contributed by atoms with E-state index in [1.807, 2.05) is 34.1 Å². The molecular formula is C33H46N2O3. The third-order valence-electron chi connectivity index (χ3n) is 8.59. The van der Waals surface area contributed by atoms with Crippen LogP contribution in [-0.4, -0.2) is 54.4 Å². The Labute approximate surface area is 229 Å². The van der Waals surface area contributed by atoms with E-state index in [0.29, 0.717) is 32.8 Å². The van der Waals surface area contributed by atoms with E-state index in [4.69, 9.17) is 4.74 Å². The summed E-state index contributed by atoms with van der Waals surface area (Å²) >= 11 is 0. The second-order valence-electron chi connectivity index (χ2n) is 11.1. The molecule has 5 heteroatoms. The molecule has 0 unspecified atom stereocenters. The molecule has 38 heavy (non-hydrogen) atoms. The van der Waals surface area contributed by atoms with Gasteiger partial charge < -0.3 is 14.5 Å². The molecule has 2 amide bonds. The Balaban J connectivity index is 1.39. The fourth-order valence-electron chi connectivity index (χ4n) is 6.10. The van der Waals surface area contributed by atoms with Crippen molar-refractivity contribution in [3.8, 4) is 5.75 Å². The first-order valence-electron chi connectivity index (χ1n) is 14.9. The molecule has 0 aliphatic carbocycles. The molecule has 0 bridgehead atoms. The van der Waals surface area contributed by atoms with Crippen molar-refractivity contribution in [3.05, 3.63) is 65.2 Å². The summed E-state index contributed by atoms with van der Waals surface area (Å²) in [5.74, 6) is 1.29. The van der Waals surface area contributed by atoms with Crippen LogP contribution in [-0.2, 0) is 17.6 Å². The largest absolute Gasteiger partial charge is 0.491 e. The molecule has 0 radical (unpaired) electrons. The van der Waals surface area contributed by atoms with Crippen LogP contribution in [0.2, 0.25) is 0 Å². The molecule has 0 saturated carbocycles. The lowest BCUT2D eigenvalue weighted by Gasteiger charge is -2.43. The van der Waals surface area contributed by atoms with Crippen molar-refractivity contribution in [2.24, 2.45) is 5.41 Å². The molecule has 5 nitrogen and oxygen atoms in total. The van der Waals surface area contributed by atoms with Crippen LogP contribution in [0, 0.1) is 5.41 Å². The van der Waals surface area contributed by atoms with Gasteiger partial charge in [-0.1, -0.05) is 62.9 Å². The van der Waals surface area contributed by atoms with Crippen molar-refractivity contribution < 1.29 is 14.3 Å². The molecule has 206 valence electrons. The van der Waals surface area contributed by atoms with Crippen LogP contribution in [0.1, 0.15) is 93.1 Å². The lowest BCUT2D eigenvalue weighted by molar-refractivity contribution is -0.145. The van der Waals surface area contributed by atoms with Gasteiger partial charge in [0.1, 0.15) is 12.4 Å². The molecule has 2 heterocycles. The van der Waals surface area contributed by atoms with Crippen molar-refractivity contribution in [2.75, 3.05) is 32.8 Å². The Morgan fingerprint density at radius 3 is 2.39 bits per heavy atom. The zero-order valence-corrected chi connectivity index (χ0v) is 23.6. The normalized spacial score (nSPS) is 18.3. The van der Waals surface area contributed by atoms with Gasteiger partial charge in [-0.3, -0.25) is 9.59 Å². The molecule has 1 fully saturated rings. The van der Waals surface area contributed by atoms with Gasteiger partial charge in [0.05, 0.1) is 12.0 Å². The van der Waals surface area contributed by atoms with Gasteiger partial charge in [0.15, 0.2) is 0 Å². The zero-order chi connectivity index (χ0) is 26.8. The van der Waals surface area contributed by atoms with Crippen molar-refractivity contribution >= 4 is 11.8 Å². The van der Waals surface area contributed by atoms with E-state index in [2.05, 4.69) is 38.1 Å². The average Bonchev–Trinajstić information content (AvgIpc) is 2.96. The van der Waals surface area contributed by atoms with Gasteiger partial charge in [-0.15, -0.1) is 0 Å². The number of amides is 2. The Bertz CT molecular complexity index is 1040. The Morgan fingerprint density at radius 2 is 1.66 bits per heavy atom. The van der Waals surface area contributed by atoms with Crippen molar-refractivity contribution in [2.45, 2.75) is 84.5 Å². The third-order valence-corrected chi connectivity index (χ3v) is 8.59. The van der Waals surface area contributed by atoms with Gasteiger partial charge >= 0.3 is 0 Å². The van der Waals surface area contributed by atoms with E-state index in [1.54, 1.807) is 0 Å². The van der Waals surface area contributed by atoms with Crippen LogP contribution in [0.5, 0.6) is 5.75 Å². The number of hydrogen-bond donors (Lipinski definition) is 0. The highest BCUT2D eigenvalue weighted by molar-refractivity contribution is 5.94. The highest BCUT2D eigenvalue weighted by Gasteiger charge is 2.43. The number of aryl methyl sites for hydroxylation is 2. The van der Waals surface area contributed by atoms with Gasteiger partial charge in [-0.05, 0) is 81.2 Å². The lowest BCUT2D eigenvalue weighted by atomic mass is 9.73. The molecule has 2 aromatic carbocycles. The Morgan fingerprint density at radius 1 is 0.895 bits per heavy atom. The molecule has 0 N–H and O–H groups in total. The predicted molar refractivity (Wildman–Crippen MR) is 154 cm³/mol. The van der Waals surface area contributed by atoms with E-state index in [-0.39, 0.29) is 17.2 Å². The maximum atomic E-state index is 13.9. The molecule has 0 atom stereocenters. The highest BCUT2D eigenvalue weighted by atomic mass is 16.5. The number of nitrogens with zero attached hydrogens (tertiary/aromatic N) is 2. The quantitative estimate of drug-likeness (QED) is 0.384. The summed E-state index contributed by atoms with van der Waals surface area (Å²) < 4.78 is 6.11. The minimum atomic E-state index is -0.381. The number of para-hydroxylation sites is 1. The van der Waals surface area contributed by atoms with Crippen LogP contribution in [0.3, 0.4) is 0 Å². The minimum absolute atomic E-state index is 0.0929. The fourth-order valence-corrected chi connectivity index (χ4v) is 6.10. The maximum absolute atomic E-state index is 13.9. The molecule has 1 saturated heterocycles. The van der Waals surface area contributed by atoms with Crippen LogP contribution in [0.15, 0.2) is 48.5 Å². The number of unbranched alkanes of at least 4 members (excludes halogenated alkanes) is 3. The second kappa shape index (κ2) is 13.8. The van der Waals surface area contributed by atoms with E-state index in [0.717, 1.165) is 56.3 Å². The van der Waals surface area contributed by atoms with Crippen LogP contribution < -0.4 is 4.74 Å². The summed E-state index contributed by atoms with van der Waals surface area (Å²) in [6, 6.07) is 16.5. The maximum Gasteiger partial charge on any atom is 0.253 e. The SMILES string of the molecule is CCCCCCc1ccc(C(=O)N2CCC3(CCCCc4ccccc4OCCN(CC)C3=O)CC2)cc1. The standard InChI is InChI=1S/C33H46N2O3/c1-3-5-6-7-12-27-16-18-29(19-17-27)31(36)35-23-21-33(22-24-35)20-11-10-14-28-13-8-9-15-30(28)38-26-25-34(4-2)32(33)37/h8-9,13,15-19H,3-7,10-12,14,20-26H2,1-2H3. The van der Waals surface area contributed by atoms with Crippen molar-refractivity contribution in [1.82, 2.24) is 9.80 Å². The number of likely N-dealkylation sites (tertiary alicyclic amines) is 1. The Hall–Kier alpha value is -2.82. The number of carbonyl (C=O) groups excluding carboxylic acids is 2. The minimum Gasteiger partial charge on any atom is -0.491 e. The molecule has 2 aliphatic rings. The molecule has 2 aliphatic heterocycles. The number of hydrogen-bond acceptors (Lipinski definition) is 3. The first-order chi connectivity index (χ1) is 18.6. The Kier molecular flexibility index (Phi) is 10.3. The average molecular weight is 519 g/mol. The summed E-state index contributed by atoms with van der Waals surface area (Å²) in [7, 11) is 0. The summed E-state index contributed by atoms with van der Waals surface area (Å²) in [5.41, 5.74) is 2.94. The smallest absolute Gasteiger partial charge is 0.253 e. The molecule has 1 spiro atoms. The van der Waals surface area contributed by atoms with Gasteiger partial charge in [-0.2, -0.15) is 0 Å². The summed E-state index contributed by atoms with van der Waals surface area (Å²) in [6.45, 7) is 7.34. The predicted octanol–water partition coefficient (Wildman–Crippen LogP) is 6.69. The van der Waals surface area contributed by atoms with Crippen LogP contribution in [0.25, 0.3) is 0 Å². The van der Waals surface area contributed by atoms with Crippen molar-refractivity contribution in [1.29, 1.82) is 0 Å². The zero-order valence-electron chi connectivity index (χ0n) is 23.6. The number of likely N-dealkylation sites (N-methyl/N-ethyl adjacent to an activating group) is 1. The van der Waals surface area contributed by atoms with Gasteiger partial charge in [0.25, 0.3) is 5.91 Å². The first kappa shape index (κ1) is 28.2. The van der Waals surface area contributed by atoms with E-state index >= 15 is 0 Å². The number of carbonyl (C=O) groups is 2. The van der Waals surface area contributed by atoms with Gasteiger partial charge in [0.2, 0.25) is 5.91 Å². The number of fused-ring (bicyclic) bond motifs is 1. The first-order valence-corrected chi connectivity index (χ1v) is 14.9. The molecular weight excluding hydrogens is 472 g/mol. The fraction of sp³-hybridized carbons (Fsp3) is 0.576.